The lowest BCUT2D eigenvalue weighted by Crippen LogP contribution is -1.99. The van der Waals surface area contributed by atoms with Crippen molar-refractivity contribution in [2.75, 3.05) is 7.05 Å². The molecule has 0 aliphatic carbocycles. The fraction of sp³-hybridized carbons (Fsp3) is 0.333. The molecule has 0 saturated heterocycles. The molecule has 2 rings (SSSR count). The number of nitrogens with zero attached hydrogens (tertiary/aromatic N) is 2. The number of hydrogen-bond donors (Lipinski definition) is 1. The summed E-state index contributed by atoms with van der Waals surface area (Å²) in [4.78, 5) is 4.39. The fourth-order valence-corrected chi connectivity index (χ4v) is 2.00. The van der Waals surface area contributed by atoms with Crippen molar-refractivity contribution < 1.29 is 0 Å². The molecule has 1 aromatic heterocycles. The second-order valence-electron chi connectivity index (χ2n) is 4.58. The van der Waals surface area contributed by atoms with E-state index in [4.69, 9.17) is 0 Å². The molecule has 0 fully saturated rings. The van der Waals surface area contributed by atoms with E-state index in [9.17, 15) is 0 Å². The number of aromatic nitrogens is 2. The first-order valence-electron chi connectivity index (χ1n) is 6.23. The summed E-state index contributed by atoms with van der Waals surface area (Å²) in [6, 6.07) is 4.29. The molecule has 0 aliphatic rings. The van der Waals surface area contributed by atoms with Gasteiger partial charge >= 0.3 is 0 Å². The topological polar surface area (TPSA) is 41.0 Å². The van der Waals surface area contributed by atoms with E-state index in [0.717, 1.165) is 28.6 Å². The maximum absolute atomic E-state index is 4.39. The number of aromatic amines is 1. The van der Waals surface area contributed by atoms with Crippen LogP contribution >= 0.6 is 0 Å². The van der Waals surface area contributed by atoms with E-state index in [2.05, 4.69) is 54.2 Å². The Labute approximate surface area is 108 Å². The Balaban J connectivity index is 2.52. The maximum atomic E-state index is 4.39. The summed E-state index contributed by atoms with van der Waals surface area (Å²) < 4.78 is 0. The molecule has 0 spiro atoms. The summed E-state index contributed by atoms with van der Waals surface area (Å²) in [5.74, 6) is 0. The number of benzene rings is 1. The zero-order valence-corrected chi connectivity index (χ0v) is 11.4. The van der Waals surface area contributed by atoms with Crippen LogP contribution in [0, 0.1) is 6.92 Å². The lowest BCUT2D eigenvalue weighted by molar-refractivity contribution is 1.10. The summed E-state index contributed by atoms with van der Waals surface area (Å²) in [6.07, 6.45) is 5.06. The lowest BCUT2D eigenvalue weighted by atomic mass is 10.0. The van der Waals surface area contributed by atoms with Crippen molar-refractivity contribution in [2.45, 2.75) is 27.2 Å². The van der Waals surface area contributed by atoms with E-state index in [1.807, 2.05) is 13.2 Å². The van der Waals surface area contributed by atoms with Crippen molar-refractivity contribution in [3.8, 4) is 0 Å². The van der Waals surface area contributed by atoms with Crippen LogP contribution in [-0.2, 0) is 0 Å². The van der Waals surface area contributed by atoms with Crippen LogP contribution in [0.2, 0.25) is 0 Å². The summed E-state index contributed by atoms with van der Waals surface area (Å²) in [6.45, 7) is 6.38. The van der Waals surface area contributed by atoms with Crippen molar-refractivity contribution in [1.29, 1.82) is 0 Å². The molecule has 1 aromatic carbocycles. The highest BCUT2D eigenvalue weighted by Gasteiger charge is 2.06. The van der Waals surface area contributed by atoms with Crippen molar-refractivity contribution in [3.05, 3.63) is 41.1 Å². The molecule has 3 heteroatoms. The molecular formula is C15H19N3. The molecule has 0 amide bonds. The van der Waals surface area contributed by atoms with E-state index >= 15 is 0 Å². The number of allylic oxidation sites excluding steroid dienone is 2. The normalized spacial score (nSPS) is 13.3. The third kappa shape index (κ3) is 2.35. The predicted molar refractivity (Wildman–Crippen MR) is 77.3 cm³/mol. The van der Waals surface area contributed by atoms with Crippen LogP contribution in [-0.4, -0.2) is 23.0 Å². The quantitative estimate of drug-likeness (QED) is 0.819. The van der Waals surface area contributed by atoms with Gasteiger partial charge in [-0.25, -0.2) is 0 Å². The van der Waals surface area contributed by atoms with Crippen LogP contribution in [0.1, 0.15) is 31.4 Å². The smallest absolute Gasteiger partial charge is 0.0679 e. The SMILES string of the molecule is CC/C(C)=C\C(=NC)c1cc(C)c2[nH]ncc2c1. The molecule has 0 unspecified atom stereocenters. The number of aliphatic imine (C=N–C) groups is 1. The highest BCUT2D eigenvalue weighted by Crippen LogP contribution is 2.19. The third-order valence-corrected chi connectivity index (χ3v) is 3.22. The molecule has 94 valence electrons. The van der Waals surface area contributed by atoms with Crippen LogP contribution in [0.25, 0.3) is 10.9 Å². The molecule has 1 heterocycles. The van der Waals surface area contributed by atoms with E-state index in [1.54, 1.807) is 0 Å². The van der Waals surface area contributed by atoms with Crippen LogP contribution in [0.4, 0.5) is 0 Å². The van der Waals surface area contributed by atoms with Gasteiger partial charge < -0.3 is 0 Å². The average Bonchev–Trinajstić information content (AvgIpc) is 2.84. The highest BCUT2D eigenvalue weighted by molar-refractivity contribution is 6.10. The Morgan fingerprint density at radius 2 is 2.22 bits per heavy atom. The second kappa shape index (κ2) is 5.17. The molecule has 2 aromatic rings. The highest BCUT2D eigenvalue weighted by atomic mass is 15.1. The molecule has 1 N–H and O–H groups in total. The second-order valence-corrected chi connectivity index (χ2v) is 4.58. The van der Waals surface area contributed by atoms with Gasteiger partial charge in [-0.2, -0.15) is 5.10 Å². The van der Waals surface area contributed by atoms with Crippen LogP contribution in [0.5, 0.6) is 0 Å². The van der Waals surface area contributed by atoms with Gasteiger partial charge in [0.05, 0.1) is 17.4 Å². The molecule has 0 atom stereocenters. The van der Waals surface area contributed by atoms with Gasteiger partial charge in [-0.3, -0.25) is 10.1 Å². The van der Waals surface area contributed by atoms with Crippen molar-refractivity contribution >= 4 is 16.6 Å². The Kier molecular flexibility index (Phi) is 3.60. The molecule has 0 bridgehead atoms. The molecule has 3 nitrogen and oxygen atoms in total. The molecule has 18 heavy (non-hydrogen) atoms. The first kappa shape index (κ1) is 12.6. The zero-order chi connectivity index (χ0) is 13.1. The van der Waals surface area contributed by atoms with Gasteiger partial charge in [0.1, 0.15) is 0 Å². The maximum Gasteiger partial charge on any atom is 0.0679 e. The van der Waals surface area contributed by atoms with Crippen molar-refractivity contribution in [3.63, 3.8) is 0 Å². The minimum absolute atomic E-state index is 1.03. The Bertz CT molecular complexity index is 618. The van der Waals surface area contributed by atoms with E-state index in [0.29, 0.717) is 0 Å². The monoisotopic (exact) mass is 241 g/mol. The van der Waals surface area contributed by atoms with E-state index in [-0.39, 0.29) is 0 Å². The number of aryl methyl sites for hydroxylation is 1. The van der Waals surface area contributed by atoms with Gasteiger partial charge in [-0.15, -0.1) is 0 Å². The van der Waals surface area contributed by atoms with Crippen LogP contribution < -0.4 is 0 Å². The lowest BCUT2D eigenvalue weighted by Gasteiger charge is -2.05. The van der Waals surface area contributed by atoms with Crippen LogP contribution in [0.3, 0.4) is 0 Å². The average molecular weight is 241 g/mol. The summed E-state index contributed by atoms with van der Waals surface area (Å²) >= 11 is 0. The van der Waals surface area contributed by atoms with Crippen molar-refractivity contribution in [2.24, 2.45) is 4.99 Å². The Hall–Kier alpha value is -1.90. The summed E-state index contributed by atoms with van der Waals surface area (Å²) in [5, 5.41) is 8.24. The minimum Gasteiger partial charge on any atom is -0.288 e. The predicted octanol–water partition coefficient (Wildman–Crippen LogP) is 3.65. The van der Waals surface area contributed by atoms with Gasteiger partial charge in [-0.05, 0) is 44.0 Å². The Morgan fingerprint density at radius 1 is 1.44 bits per heavy atom. The first-order chi connectivity index (χ1) is 8.65. The van der Waals surface area contributed by atoms with Gasteiger partial charge in [0, 0.05) is 18.0 Å². The number of rotatable bonds is 3. The van der Waals surface area contributed by atoms with E-state index in [1.165, 1.54) is 11.1 Å². The summed E-state index contributed by atoms with van der Waals surface area (Å²) in [5.41, 5.74) is 5.81. The molecule has 0 saturated carbocycles. The Morgan fingerprint density at radius 3 is 2.89 bits per heavy atom. The number of H-pyrrole nitrogens is 1. The third-order valence-electron chi connectivity index (χ3n) is 3.22. The standard InChI is InChI=1S/C15H19N3/c1-5-10(2)6-14(16-4)12-7-11(3)15-13(8-12)9-17-18-15/h6-9H,5H2,1-4H3,(H,17,18)/b10-6-,16-14?. The fourth-order valence-electron chi connectivity index (χ4n) is 2.00. The number of fused-ring (bicyclic) bond motifs is 1. The largest absolute Gasteiger partial charge is 0.288 e. The van der Waals surface area contributed by atoms with Gasteiger partial charge in [0.2, 0.25) is 0 Å². The number of nitrogens with one attached hydrogen (secondary N) is 1. The van der Waals surface area contributed by atoms with Gasteiger partial charge in [0.25, 0.3) is 0 Å². The van der Waals surface area contributed by atoms with Gasteiger partial charge in [0.15, 0.2) is 0 Å². The van der Waals surface area contributed by atoms with Crippen molar-refractivity contribution in [1.82, 2.24) is 10.2 Å². The number of hydrogen-bond acceptors (Lipinski definition) is 2. The first-order valence-corrected chi connectivity index (χ1v) is 6.23. The summed E-state index contributed by atoms with van der Waals surface area (Å²) in [7, 11) is 1.84. The van der Waals surface area contributed by atoms with Crippen LogP contribution in [0.15, 0.2) is 35.0 Å². The zero-order valence-electron chi connectivity index (χ0n) is 11.4. The molecule has 0 radical (unpaired) electrons. The van der Waals surface area contributed by atoms with Gasteiger partial charge in [-0.1, -0.05) is 12.5 Å². The minimum atomic E-state index is 1.03. The molecule has 0 aliphatic heterocycles. The van der Waals surface area contributed by atoms with E-state index < -0.39 is 0 Å². The molecular weight excluding hydrogens is 222 g/mol.